The zero-order chi connectivity index (χ0) is 22.4. The summed E-state index contributed by atoms with van der Waals surface area (Å²) in [6.07, 6.45) is 3.40. The minimum atomic E-state index is -0.288. The van der Waals surface area contributed by atoms with Crippen LogP contribution < -0.4 is 25.4 Å². The fraction of sp³-hybridized carbons (Fsp3) is 0.652. The number of anilines is 1. The molecule has 3 N–H and O–H groups in total. The molecule has 1 atom stereocenters. The number of rotatable bonds is 7. The number of nitrogens with one attached hydrogen (secondary N) is 3. The van der Waals surface area contributed by atoms with Crippen LogP contribution in [0.2, 0.25) is 0 Å². The van der Waals surface area contributed by atoms with Crippen molar-refractivity contribution in [2.24, 2.45) is 4.99 Å². The molecule has 0 bridgehead atoms. The molecule has 180 valence electrons. The molecular weight excluding hydrogens is 521 g/mol. The molecule has 1 aliphatic carbocycles. The second-order valence-electron chi connectivity index (χ2n) is 9.43. The lowest BCUT2D eigenvalue weighted by Crippen LogP contribution is -2.44. The van der Waals surface area contributed by atoms with Gasteiger partial charge in [-0.1, -0.05) is 0 Å². The minimum Gasteiger partial charge on any atom is -0.490 e. The van der Waals surface area contributed by atoms with E-state index in [1.54, 1.807) is 0 Å². The van der Waals surface area contributed by atoms with Crippen LogP contribution in [0.4, 0.5) is 5.69 Å². The highest BCUT2D eigenvalue weighted by atomic mass is 127. The standard InChI is InChI=1S/C23H37N5O3.HI/c1-16(28(5)18-8-9-18)14-24-22(25-15-21(29)27-23(2,3)4)26-17-7-10-19-20(13-17)31-12-6-11-30-19;/h7,10,13,16,18H,6,8-9,11-12,14-15H2,1-5H3,(H,27,29)(H2,24,25,26);1H. The first-order chi connectivity index (χ1) is 14.7. The summed E-state index contributed by atoms with van der Waals surface area (Å²) in [4.78, 5) is 19.2. The zero-order valence-corrected chi connectivity index (χ0v) is 22.2. The van der Waals surface area contributed by atoms with Crippen LogP contribution in [-0.2, 0) is 4.79 Å². The molecule has 1 unspecified atom stereocenters. The van der Waals surface area contributed by atoms with Crippen LogP contribution in [0.5, 0.6) is 11.5 Å². The Morgan fingerprint density at radius 3 is 2.56 bits per heavy atom. The molecule has 0 saturated heterocycles. The number of hydrogen-bond acceptors (Lipinski definition) is 5. The molecular formula is C23H38IN5O3. The minimum absolute atomic E-state index is 0. The van der Waals surface area contributed by atoms with E-state index < -0.39 is 0 Å². The molecule has 1 amide bonds. The fourth-order valence-corrected chi connectivity index (χ4v) is 3.36. The third-order valence-electron chi connectivity index (χ3n) is 5.29. The number of aliphatic imine (C=N–C) groups is 1. The highest BCUT2D eigenvalue weighted by Gasteiger charge is 2.29. The molecule has 0 aromatic heterocycles. The van der Waals surface area contributed by atoms with Crippen molar-refractivity contribution in [2.45, 2.75) is 64.6 Å². The molecule has 1 aliphatic heterocycles. The number of guanidine groups is 1. The topological polar surface area (TPSA) is 87.2 Å². The molecule has 3 rings (SSSR count). The maximum atomic E-state index is 12.3. The van der Waals surface area contributed by atoms with E-state index in [4.69, 9.17) is 9.47 Å². The van der Waals surface area contributed by atoms with Gasteiger partial charge >= 0.3 is 0 Å². The lowest BCUT2D eigenvalue weighted by Gasteiger charge is -2.25. The molecule has 1 saturated carbocycles. The molecule has 0 spiro atoms. The number of amides is 1. The Balaban J connectivity index is 0.00000363. The first kappa shape index (κ1) is 26.5. The highest BCUT2D eigenvalue weighted by molar-refractivity contribution is 14.0. The maximum Gasteiger partial charge on any atom is 0.242 e. The van der Waals surface area contributed by atoms with E-state index in [0.717, 1.165) is 24.4 Å². The van der Waals surface area contributed by atoms with Gasteiger partial charge in [0.2, 0.25) is 5.91 Å². The van der Waals surface area contributed by atoms with E-state index in [0.29, 0.717) is 37.0 Å². The summed E-state index contributed by atoms with van der Waals surface area (Å²) in [6, 6.07) is 6.78. The Bertz CT molecular complexity index is 792. The smallest absolute Gasteiger partial charge is 0.242 e. The summed E-state index contributed by atoms with van der Waals surface area (Å²) >= 11 is 0. The monoisotopic (exact) mass is 559 g/mol. The van der Waals surface area contributed by atoms with Gasteiger partial charge in [0.05, 0.1) is 13.2 Å². The van der Waals surface area contributed by atoms with E-state index in [-0.39, 0.29) is 42.0 Å². The van der Waals surface area contributed by atoms with Gasteiger partial charge in [-0.25, -0.2) is 4.99 Å². The molecule has 1 fully saturated rings. The molecule has 32 heavy (non-hydrogen) atoms. The number of hydrogen-bond donors (Lipinski definition) is 3. The third-order valence-corrected chi connectivity index (χ3v) is 5.29. The van der Waals surface area contributed by atoms with Crippen molar-refractivity contribution in [1.29, 1.82) is 0 Å². The van der Waals surface area contributed by atoms with Gasteiger partial charge in [-0.3, -0.25) is 9.69 Å². The van der Waals surface area contributed by atoms with E-state index in [1.165, 1.54) is 12.8 Å². The van der Waals surface area contributed by atoms with Gasteiger partial charge < -0.3 is 25.4 Å². The molecule has 2 aliphatic rings. The van der Waals surface area contributed by atoms with E-state index in [9.17, 15) is 4.79 Å². The van der Waals surface area contributed by atoms with Crippen LogP contribution in [0.15, 0.2) is 23.2 Å². The van der Waals surface area contributed by atoms with Crippen LogP contribution in [0.25, 0.3) is 0 Å². The molecule has 9 heteroatoms. The van der Waals surface area contributed by atoms with E-state index >= 15 is 0 Å². The number of carbonyl (C=O) groups excluding carboxylic acids is 1. The maximum absolute atomic E-state index is 12.3. The van der Waals surface area contributed by atoms with Gasteiger partial charge in [-0.05, 0) is 59.7 Å². The van der Waals surface area contributed by atoms with Crippen LogP contribution in [0, 0.1) is 0 Å². The summed E-state index contributed by atoms with van der Waals surface area (Å²) in [7, 11) is 2.16. The molecule has 0 radical (unpaired) electrons. The lowest BCUT2D eigenvalue weighted by atomic mass is 10.1. The molecule has 1 aromatic carbocycles. The van der Waals surface area contributed by atoms with Gasteiger partial charge in [-0.2, -0.15) is 0 Å². The summed E-state index contributed by atoms with van der Waals surface area (Å²) in [5.74, 6) is 1.91. The predicted molar refractivity (Wildman–Crippen MR) is 140 cm³/mol. The first-order valence-corrected chi connectivity index (χ1v) is 11.2. The number of likely N-dealkylation sites (N-methyl/N-ethyl adjacent to an activating group) is 1. The van der Waals surface area contributed by atoms with Crippen molar-refractivity contribution in [2.75, 3.05) is 38.7 Å². The average molecular weight is 559 g/mol. The fourth-order valence-electron chi connectivity index (χ4n) is 3.36. The highest BCUT2D eigenvalue weighted by Crippen LogP contribution is 2.32. The van der Waals surface area contributed by atoms with Crippen LogP contribution >= 0.6 is 24.0 Å². The number of carbonyl (C=O) groups is 1. The second kappa shape index (κ2) is 11.9. The van der Waals surface area contributed by atoms with Crippen LogP contribution in [0.1, 0.15) is 47.0 Å². The van der Waals surface area contributed by atoms with Crippen molar-refractivity contribution in [1.82, 2.24) is 15.5 Å². The van der Waals surface area contributed by atoms with Gasteiger partial charge in [0.1, 0.15) is 6.54 Å². The number of fused-ring (bicyclic) bond motifs is 1. The number of ether oxygens (including phenoxy) is 2. The summed E-state index contributed by atoms with van der Waals surface area (Å²) in [6.45, 7) is 10.1. The summed E-state index contributed by atoms with van der Waals surface area (Å²) in [5, 5.41) is 9.65. The van der Waals surface area contributed by atoms with Crippen molar-refractivity contribution < 1.29 is 14.3 Å². The SMILES string of the molecule is CC(CNC(=NCC(=O)NC(C)(C)C)Nc1ccc2c(c1)OCCCO2)N(C)C1CC1.I. The van der Waals surface area contributed by atoms with E-state index in [1.807, 2.05) is 39.0 Å². The van der Waals surface area contributed by atoms with Crippen molar-refractivity contribution >= 4 is 41.5 Å². The van der Waals surface area contributed by atoms with Gasteiger partial charge in [-0.15, -0.1) is 24.0 Å². The molecule has 1 aromatic rings. The van der Waals surface area contributed by atoms with Crippen molar-refractivity contribution in [3.63, 3.8) is 0 Å². The second-order valence-corrected chi connectivity index (χ2v) is 9.43. The lowest BCUT2D eigenvalue weighted by molar-refractivity contribution is -0.121. The van der Waals surface area contributed by atoms with Crippen LogP contribution in [0.3, 0.4) is 0 Å². The Kier molecular flexibility index (Phi) is 9.87. The Morgan fingerprint density at radius 1 is 1.22 bits per heavy atom. The predicted octanol–water partition coefficient (Wildman–Crippen LogP) is 3.22. The van der Waals surface area contributed by atoms with Crippen molar-refractivity contribution in [3.05, 3.63) is 18.2 Å². The Labute approximate surface area is 208 Å². The van der Waals surface area contributed by atoms with Crippen molar-refractivity contribution in [3.8, 4) is 11.5 Å². The normalized spacial score (nSPS) is 17.1. The largest absolute Gasteiger partial charge is 0.490 e. The molecule has 8 nitrogen and oxygen atoms in total. The van der Waals surface area contributed by atoms with E-state index in [2.05, 4.69) is 39.8 Å². The van der Waals surface area contributed by atoms with Gasteiger partial charge in [0.15, 0.2) is 17.5 Å². The summed E-state index contributed by atoms with van der Waals surface area (Å²) in [5.41, 5.74) is 0.540. The Hall–Kier alpha value is -1.75. The third kappa shape index (κ3) is 8.65. The number of nitrogens with zero attached hydrogens (tertiary/aromatic N) is 2. The quantitative estimate of drug-likeness (QED) is 0.270. The molecule has 1 heterocycles. The van der Waals surface area contributed by atoms with Crippen LogP contribution in [-0.4, -0.2) is 67.7 Å². The zero-order valence-electron chi connectivity index (χ0n) is 19.9. The van der Waals surface area contributed by atoms with Gasteiger partial charge in [0, 0.05) is 42.3 Å². The first-order valence-electron chi connectivity index (χ1n) is 11.2. The number of halogens is 1. The van der Waals surface area contributed by atoms with Gasteiger partial charge in [0.25, 0.3) is 0 Å². The average Bonchev–Trinajstić information content (AvgIpc) is 3.54. The number of benzene rings is 1. The summed E-state index contributed by atoms with van der Waals surface area (Å²) < 4.78 is 11.5. The Morgan fingerprint density at radius 2 is 1.91 bits per heavy atom.